The van der Waals surface area contributed by atoms with Gasteiger partial charge in [-0.25, -0.2) is 9.97 Å². The van der Waals surface area contributed by atoms with Crippen LogP contribution in [-0.2, 0) is 16.1 Å². The van der Waals surface area contributed by atoms with Crippen molar-refractivity contribution in [3.05, 3.63) is 40.5 Å². The zero-order valence-electron chi connectivity index (χ0n) is 20.3. The number of nitrogens with one attached hydrogen (secondary N) is 2. The number of anilines is 1. The molecular formula is C25H32ClN5O4. The first-order valence-corrected chi connectivity index (χ1v) is 12.2. The molecule has 3 N–H and O–H groups in total. The van der Waals surface area contributed by atoms with Crippen LogP contribution >= 0.6 is 11.6 Å². The number of rotatable bonds is 7. The molecule has 0 bridgehead atoms. The Balaban J connectivity index is 1.48. The Labute approximate surface area is 210 Å². The molecule has 4 rings (SSSR count). The van der Waals surface area contributed by atoms with E-state index < -0.39 is 6.04 Å². The molecule has 2 aliphatic heterocycles. The summed E-state index contributed by atoms with van der Waals surface area (Å²) in [4.78, 5) is 36.1. The SMILES string of the molecule is CC(C)(C)[C@@H](CO)NC(=O)CN1Cc2ccc(-c3nc(NC4CCOCC4)ncc3Cl)cc2C1=O. The van der Waals surface area contributed by atoms with Gasteiger partial charge in [0, 0.05) is 36.9 Å². The van der Waals surface area contributed by atoms with E-state index in [1.807, 2.05) is 32.9 Å². The Morgan fingerprint density at radius 1 is 1.31 bits per heavy atom. The van der Waals surface area contributed by atoms with Crippen LogP contribution in [0.2, 0.25) is 5.02 Å². The van der Waals surface area contributed by atoms with Crippen LogP contribution < -0.4 is 10.6 Å². The number of hydrogen-bond donors (Lipinski definition) is 3. The van der Waals surface area contributed by atoms with Gasteiger partial charge in [0.2, 0.25) is 11.9 Å². The molecule has 2 aliphatic rings. The van der Waals surface area contributed by atoms with Crippen LogP contribution in [0.25, 0.3) is 11.3 Å². The van der Waals surface area contributed by atoms with Gasteiger partial charge in [-0.3, -0.25) is 9.59 Å². The van der Waals surface area contributed by atoms with Crippen molar-refractivity contribution in [2.45, 2.75) is 52.2 Å². The Morgan fingerprint density at radius 3 is 2.74 bits per heavy atom. The van der Waals surface area contributed by atoms with E-state index in [1.54, 1.807) is 12.3 Å². The Hall–Kier alpha value is -2.75. The zero-order valence-corrected chi connectivity index (χ0v) is 21.1. The summed E-state index contributed by atoms with van der Waals surface area (Å²) in [6.07, 6.45) is 3.32. The van der Waals surface area contributed by atoms with Gasteiger partial charge in [0.1, 0.15) is 6.54 Å². The average molecular weight is 502 g/mol. The van der Waals surface area contributed by atoms with Gasteiger partial charge in [-0.15, -0.1) is 0 Å². The summed E-state index contributed by atoms with van der Waals surface area (Å²) in [5.41, 5.74) is 2.31. The van der Waals surface area contributed by atoms with Gasteiger partial charge in [0.25, 0.3) is 5.91 Å². The second kappa shape index (κ2) is 10.5. The number of aliphatic hydroxyl groups excluding tert-OH is 1. The van der Waals surface area contributed by atoms with Gasteiger partial charge in [0.05, 0.1) is 29.6 Å². The van der Waals surface area contributed by atoms with Gasteiger partial charge in [-0.2, -0.15) is 0 Å². The van der Waals surface area contributed by atoms with E-state index in [1.165, 1.54) is 4.90 Å². The normalized spacial score (nSPS) is 17.3. The second-order valence-corrected chi connectivity index (χ2v) is 10.5. The molecule has 1 fully saturated rings. The lowest BCUT2D eigenvalue weighted by molar-refractivity contribution is -0.123. The summed E-state index contributed by atoms with van der Waals surface area (Å²) in [5.74, 6) is -0.0409. The molecule has 2 amide bonds. The number of carbonyl (C=O) groups is 2. The fourth-order valence-electron chi connectivity index (χ4n) is 4.25. The molecule has 0 spiro atoms. The lowest BCUT2D eigenvalue weighted by Gasteiger charge is -2.30. The molecule has 1 saturated heterocycles. The van der Waals surface area contributed by atoms with Crippen LogP contribution in [0.1, 0.15) is 49.5 Å². The molecular weight excluding hydrogens is 470 g/mol. The lowest BCUT2D eigenvalue weighted by atomic mass is 9.87. The topological polar surface area (TPSA) is 117 Å². The predicted octanol–water partition coefficient (Wildman–Crippen LogP) is 2.87. The van der Waals surface area contributed by atoms with Crippen molar-refractivity contribution >= 4 is 29.4 Å². The summed E-state index contributed by atoms with van der Waals surface area (Å²) in [6, 6.07) is 5.36. The number of aliphatic hydroxyl groups is 1. The first-order valence-electron chi connectivity index (χ1n) is 11.9. The number of benzene rings is 1. The minimum atomic E-state index is -0.398. The molecule has 0 aliphatic carbocycles. The van der Waals surface area contributed by atoms with Gasteiger partial charge < -0.3 is 25.4 Å². The molecule has 3 heterocycles. The van der Waals surface area contributed by atoms with E-state index in [9.17, 15) is 14.7 Å². The minimum absolute atomic E-state index is 0.0805. The monoisotopic (exact) mass is 501 g/mol. The first kappa shape index (κ1) is 25.3. The van der Waals surface area contributed by atoms with Gasteiger partial charge in [-0.1, -0.05) is 44.5 Å². The fourth-order valence-corrected chi connectivity index (χ4v) is 4.45. The van der Waals surface area contributed by atoms with E-state index in [4.69, 9.17) is 16.3 Å². The highest BCUT2D eigenvalue weighted by Crippen LogP contribution is 2.31. The highest BCUT2D eigenvalue weighted by Gasteiger charge is 2.31. The van der Waals surface area contributed by atoms with Crippen LogP contribution in [0.4, 0.5) is 5.95 Å². The number of aromatic nitrogens is 2. The quantitative estimate of drug-likeness (QED) is 0.534. The number of nitrogens with zero attached hydrogens (tertiary/aromatic N) is 3. The molecule has 35 heavy (non-hydrogen) atoms. The predicted molar refractivity (Wildman–Crippen MR) is 133 cm³/mol. The number of halogens is 1. The van der Waals surface area contributed by atoms with E-state index in [0.29, 0.717) is 47.6 Å². The minimum Gasteiger partial charge on any atom is -0.394 e. The third kappa shape index (κ3) is 5.91. The number of ether oxygens (including phenoxy) is 1. The van der Waals surface area contributed by atoms with Gasteiger partial charge in [0.15, 0.2) is 0 Å². The summed E-state index contributed by atoms with van der Waals surface area (Å²) >= 11 is 6.42. The molecule has 9 nitrogen and oxygen atoms in total. The van der Waals surface area contributed by atoms with Crippen LogP contribution in [-0.4, -0.2) is 70.2 Å². The smallest absolute Gasteiger partial charge is 0.254 e. The molecule has 188 valence electrons. The third-order valence-corrected chi connectivity index (χ3v) is 6.74. The zero-order chi connectivity index (χ0) is 25.2. The summed E-state index contributed by atoms with van der Waals surface area (Å²) in [7, 11) is 0. The highest BCUT2D eigenvalue weighted by atomic mass is 35.5. The molecule has 0 saturated carbocycles. The molecule has 0 unspecified atom stereocenters. The maximum absolute atomic E-state index is 13.1. The van der Waals surface area contributed by atoms with E-state index in [0.717, 1.165) is 18.4 Å². The molecule has 2 aromatic rings. The number of fused-ring (bicyclic) bond motifs is 1. The maximum atomic E-state index is 13.1. The molecule has 10 heteroatoms. The van der Waals surface area contributed by atoms with Gasteiger partial charge in [-0.05, 0) is 29.9 Å². The Bertz CT molecular complexity index is 1100. The highest BCUT2D eigenvalue weighted by molar-refractivity contribution is 6.33. The van der Waals surface area contributed by atoms with Crippen molar-refractivity contribution in [2.75, 3.05) is 31.7 Å². The third-order valence-electron chi connectivity index (χ3n) is 6.46. The summed E-state index contributed by atoms with van der Waals surface area (Å²) < 4.78 is 5.40. The van der Waals surface area contributed by atoms with Crippen molar-refractivity contribution in [2.24, 2.45) is 5.41 Å². The van der Waals surface area contributed by atoms with Crippen LogP contribution in [0.5, 0.6) is 0 Å². The molecule has 1 aromatic carbocycles. The van der Waals surface area contributed by atoms with Crippen molar-refractivity contribution in [1.82, 2.24) is 20.2 Å². The molecule has 1 aromatic heterocycles. The van der Waals surface area contributed by atoms with Crippen LogP contribution in [0.15, 0.2) is 24.4 Å². The van der Waals surface area contributed by atoms with E-state index in [-0.39, 0.29) is 36.4 Å². The average Bonchev–Trinajstić information content (AvgIpc) is 3.13. The number of hydrogen-bond acceptors (Lipinski definition) is 7. The van der Waals surface area contributed by atoms with E-state index >= 15 is 0 Å². The van der Waals surface area contributed by atoms with Crippen LogP contribution in [0.3, 0.4) is 0 Å². The standard InChI is InChI=1S/C25H32ClN5O4/c1-25(2,3)20(14-32)29-21(33)13-31-12-16-5-4-15(10-18(16)23(31)34)22-19(26)11-27-24(30-22)28-17-6-8-35-9-7-17/h4-5,10-11,17,20,32H,6-9,12-14H2,1-3H3,(H,29,33)(H,27,28,30)/t20-/m1/s1. The van der Waals surface area contributed by atoms with Crippen molar-refractivity contribution in [3.8, 4) is 11.3 Å². The van der Waals surface area contributed by atoms with Crippen LogP contribution in [0, 0.1) is 5.41 Å². The molecule has 1 atom stereocenters. The number of amides is 2. The van der Waals surface area contributed by atoms with Crippen molar-refractivity contribution in [3.63, 3.8) is 0 Å². The van der Waals surface area contributed by atoms with E-state index in [2.05, 4.69) is 20.6 Å². The first-order chi connectivity index (χ1) is 16.7. The van der Waals surface area contributed by atoms with Gasteiger partial charge >= 0.3 is 0 Å². The number of carbonyl (C=O) groups excluding carboxylic acids is 2. The Morgan fingerprint density at radius 2 is 2.06 bits per heavy atom. The van der Waals surface area contributed by atoms with Crippen molar-refractivity contribution < 1.29 is 19.4 Å². The summed E-state index contributed by atoms with van der Waals surface area (Å²) in [5, 5.41) is 16.2. The summed E-state index contributed by atoms with van der Waals surface area (Å²) in [6.45, 7) is 7.32. The van der Waals surface area contributed by atoms with Crippen molar-refractivity contribution in [1.29, 1.82) is 0 Å². The largest absolute Gasteiger partial charge is 0.394 e. The maximum Gasteiger partial charge on any atom is 0.254 e. The Kier molecular flexibility index (Phi) is 7.59. The second-order valence-electron chi connectivity index (χ2n) is 10.1. The fraction of sp³-hybridized carbons (Fsp3) is 0.520. The lowest BCUT2D eigenvalue weighted by Crippen LogP contribution is -2.49. The molecule has 0 radical (unpaired) electrons.